The van der Waals surface area contributed by atoms with E-state index >= 15 is 0 Å². The van der Waals surface area contributed by atoms with Crippen LogP contribution in [0.1, 0.15) is 45.2 Å². The lowest BCUT2D eigenvalue weighted by molar-refractivity contribution is 0.0196. The lowest BCUT2D eigenvalue weighted by Gasteiger charge is -2.34. The lowest BCUT2D eigenvalue weighted by atomic mass is 9.95. The Bertz CT molecular complexity index is 722. The summed E-state index contributed by atoms with van der Waals surface area (Å²) in [5, 5.41) is 4.45. The SMILES string of the molecule is CC(C)(C)OC(=O)N1CCC[C@H](c2ccnc3cc(Br)nn23)C1. The number of likely N-dealkylation sites (tertiary alicyclic amines) is 1. The number of fused-ring (bicyclic) bond motifs is 1. The van der Waals surface area contributed by atoms with Gasteiger partial charge in [0.05, 0.1) is 5.69 Å². The fourth-order valence-corrected chi connectivity index (χ4v) is 3.27. The first-order valence-electron chi connectivity index (χ1n) is 7.81. The van der Waals surface area contributed by atoms with Crippen LogP contribution >= 0.6 is 15.9 Å². The maximum Gasteiger partial charge on any atom is 0.410 e. The van der Waals surface area contributed by atoms with Crippen molar-refractivity contribution in [1.29, 1.82) is 0 Å². The van der Waals surface area contributed by atoms with Crippen LogP contribution in [0.3, 0.4) is 0 Å². The number of carbonyl (C=O) groups excluding carboxylic acids is 1. The Morgan fingerprint density at radius 3 is 2.96 bits per heavy atom. The topological polar surface area (TPSA) is 59.7 Å². The average Bonchev–Trinajstić information content (AvgIpc) is 2.85. The third-order valence-electron chi connectivity index (χ3n) is 3.85. The molecule has 2 aromatic rings. The van der Waals surface area contributed by atoms with Gasteiger partial charge in [0.1, 0.15) is 10.2 Å². The van der Waals surface area contributed by atoms with Crippen LogP contribution in [0.25, 0.3) is 5.65 Å². The second-order valence-corrected chi connectivity index (χ2v) is 7.68. The van der Waals surface area contributed by atoms with Gasteiger partial charge in [-0.3, -0.25) is 0 Å². The Kier molecular flexibility index (Phi) is 4.31. The Morgan fingerprint density at radius 1 is 1.43 bits per heavy atom. The van der Waals surface area contributed by atoms with E-state index in [1.807, 2.05) is 37.4 Å². The molecule has 0 aromatic carbocycles. The van der Waals surface area contributed by atoms with Crippen LogP contribution in [0, 0.1) is 0 Å². The number of carbonyl (C=O) groups is 1. The van der Waals surface area contributed by atoms with Gasteiger partial charge in [-0.2, -0.15) is 5.10 Å². The lowest BCUT2D eigenvalue weighted by Crippen LogP contribution is -2.42. The summed E-state index contributed by atoms with van der Waals surface area (Å²) in [6.07, 6.45) is 3.53. The average molecular weight is 381 g/mol. The van der Waals surface area contributed by atoms with E-state index in [0.717, 1.165) is 35.3 Å². The molecule has 7 heteroatoms. The van der Waals surface area contributed by atoms with Gasteiger partial charge in [0, 0.05) is 31.3 Å². The van der Waals surface area contributed by atoms with E-state index in [-0.39, 0.29) is 12.0 Å². The number of ether oxygens (including phenoxy) is 1. The monoisotopic (exact) mass is 380 g/mol. The van der Waals surface area contributed by atoms with Gasteiger partial charge in [-0.25, -0.2) is 14.3 Å². The minimum Gasteiger partial charge on any atom is -0.444 e. The van der Waals surface area contributed by atoms with Gasteiger partial charge in [0.15, 0.2) is 5.65 Å². The Hall–Kier alpha value is -1.63. The van der Waals surface area contributed by atoms with Gasteiger partial charge in [0.25, 0.3) is 0 Å². The molecule has 1 aliphatic rings. The first-order chi connectivity index (χ1) is 10.8. The molecule has 0 N–H and O–H groups in total. The molecule has 1 fully saturated rings. The number of amides is 1. The van der Waals surface area contributed by atoms with Gasteiger partial charge in [0.2, 0.25) is 0 Å². The predicted molar refractivity (Wildman–Crippen MR) is 90.5 cm³/mol. The van der Waals surface area contributed by atoms with E-state index in [1.165, 1.54) is 0 Å². The zero-order valence-electron chi connectivity index (χ0n) is 13.6. The smallest absolute Gasteiger partial charge is 0.410 e. The standard InChI is InChI=1S/C16H21BrN4O2/c1-16(2,3)23-15(22)20-8-4-5-11(10-20)12-6-7-18-14-9-13(17)19-21(12)14/h6-7,9,11H,4-5,8,10H2,1-3H3/t11-/m0/s1. The van der Waals surface area contributed by atoms with Crippen LogP contribution in [-0.4, -0.2) is 44.3 Å². The van der Waals surface area contributed by atoms with E-state index in [2.05, 4.69) is 26.0 Å². The van der Waals surface area contributed by atoms with Crippen molar-refractivity contribution in [2.75, 3.05) is 13.1 Å². The van der Waals surface area contributed by atoms with E-state index in [1.54, 1.807) is 11.1 Å². The van der Waals surface area contributed by atoms with Crippen molar-refractivity contribution in [1.82, 2.24) is 19.5 Å². The summed E-state index contributed by atoms with van der Waals surface area (Å²) in [4.78, 5) is 18.4. The van der Waals surface area contributed by atoms with Crippen molar-refractivity contribution in [2.24, 2.45) is 0 Å². The molecule has 23 heavy (non-hydrogen) atoms. The maximum absolute atomic E-state index is 12.3. The minimum absolute atomic E-state index is 0.230. The molecule has 0 unspecified atom stereocenters. The molecule has 1 saturated heterocycles. The first-order valence-corrected chi connectivity index (χ1v) is 8.61. The molecule has 1 amide bonds. The summed E-state index contributed by atoms with van der Waals surface area (Å²) in [6.45, 7) is 7.05. The van der Waals surface area contributed by atoms with Crippen molar-refractivity contribution in [3.05, 3.63) is 28.6 Å². The van der Waals surface area contributed by atoms with E-state index < -0.39 is 5.60 Å². The van der Waals surface area contributed by atoms with Crippen LogP contribution in [0.2, 0.25) is 0 Å². The fourth-order valence-electron chi connectivity index (χ4n) is 2.91. The molecule has 0 aliphatic carbocycles. The molecule has 124 valence electrons. The van der Waals surface area contributed by atoms with Crippen molar-refractivity contribution >= 4 is 27.7 Å². The molecule has 3 rings (SSSR count). The van der Waals surface area contributed by atoms with Gasteiger partial charge in [-0.15, -0.1) is 0 Å². The van der Waals surface area contributed by atoms with Crippen LogP contribution < -0.4 is 0 Å². The second kappa shape index (κ2) is 6.11. The zero-order chi connectivity index (χ0) is 16.6. The van der Waals surface area contributed by atoms with E-state index in [9.17, 15) is 4.79 Å². The number of halogens is 1. The highest BCUT2D eigenvalue weighted by molar-refractivity contribution is 9.10. The molecule has 0 spiro atoms. The molecule has 3 heterocycles. The molecule has 0 bridgehead atoms. The predicted octanol–water partition coefficient (Wildman–Crippen LogP) is 3.61. The van der Waals surface area contributed by atoms with Crippen molar-refractivity contribution in [2.45, 2.75) is 45.1 Å². The number of hydrogen-bond donors (Lipinski definition) is 0. The molecular weight excluding hydrogens is 360 g/mol. The number of piperidine rings is 1. The van der Waals surface area contributed by atoms with Crippen LogP contribution in [0.15, 0.2) is 22.9 Å². The van der Waals surface area contributed by atoms with Gasteiger partial charge < -0.3 is 9.64 Å². The zero-order valence-corrected chi connectivity index (χ0v) is 15.2. The Balaban J connectivity index is 1.81. The van der Waals surface area contributed by atoms with Crippen LogP contribution in [-0.2, 0) is 4.74 Å². The van der Waals surface area contributed by atoms with Gasteiger partial charge in [-0.05, 0) is 55.6 Å². The van der Waals surface area contributed by atoms with E-state index in [0.29, 0.717) is 6.54 Å². The minimum atomic E-state index is -0.471. The summed E-state index contributed by atoms with van der Waals surface area (Å²) in [5.74, 6) is 0.230. The normalized spacial score (nSPS) is 19.1. The number of hydrogen-bond acceptors (Lipinski definition) is 4. The number of rotatable bonds is 1. The van der Waals surface area contributed by atoms with Gasteiger partial charge >= 0.3 is 6.09 Å². The molecular formula is C16H21BrN4O2. The Labute approximate surface area is 144 Å². The molecule has 2 aromatic heterocycles. The van der Waals surface area contributed by atoms with Crippen molar-refractivity contribution in [3.63, 3.8) is 0 Å². The second-order valence-electron chi connectivity index (χ2n) is 6.87. The van der Waals surface area contributed by atoms with Crippen LogP contribution in [0.4, 0.5) is 4.79 Å². The molecule has 0 radical (unpaired) electrons. The molecule has 1 aliphatic heterocycles. The molecule has 0 saturated carbocycles. The third-order valence-corrected chi connectivity index (χ3v) is 4.24. The quantitative estimate of drug-likeness (QED) is 0.757. The summed E-state index contributed by atoms with van der Waals surface area (Å²) >= 11 is 3.39. The van der Waals surface area contributed by atoms with E-state index in [4.69, 9.17) is 4.74 Å². The highest BCUT2D eigenvalue weighted by atomic mass is 79.9. The maximum atomic E-state index is 12.3. The summed E-state index contributed by atoms with van der Waals surface area (Å²) in [7, 11) is 0. The molecule has 1 atom stereocenters. The first kappa shape index (κ1) is 16.2. The fraction of sp³-hybridized carbons (Fsp3) is 0.562. The highest BCUT2D eigenvalue weighted by Gasteiger charge is 2.29. The summed E-state index contributed by atoms with van der Waals surface area (Å²) in [6, 6.07) is 3.87. The van der Waals surface area contributed by atoms with Crippen LogP contribution in [0.5, 0.6) is 0 Å². The van der Waals surface area contributed by atoms with Crippen molar-refractivity contribution in [3.8, 4) is 0 Å². The van der Waals surface area contributed by atoms with Crippen molar-refractivity contribution < 1.29 is 9.53 Å². The summed E-state index contributed by atoms with van der Waals surface area (Å²) in [5.41, 5.74) is 1.42. The largest absolute Gasteiger partial charge is 0.444 e. The van der Waals surface area contributed by atoms with Gasteiger partial charge in [-0.1, -0.05) is 0 Å². The number of aromatic nitrogens is 3. The molecule has 6 nitrogen and oxygen atoms in total. The number of nitrogens with zero attached hydrogens (tertiary/aromatic N) is 4. The summed E-state index contributed by atoms with van der Waals surface area (Å²) < 4.78 is 8.11. The Morgan fingerprint density at radius 2 is 2.22 bits per heavy atom. The highest BCUT2D eigenvalue weighted by Crippen LogP contribution is 2.28. The third kappa shape index (κ3) is 3.65.